The molecule has 0 aliphatic rings. The highest BCUT2D eigenvalue weighted by Gasteiger charge is 2.22. The van der Waals surface area contributed by atoms with Crippen molar-refractivity contribution in [1.82, 2.24) is 0 Å². The highest BCUT2D eigenvalue weighted by molar-refractivity contribution is 9.09. The fourth-order valence-corrected chi connectivity index (χ4v) is 1.31. The molecule has 0 saturated heterocycles. The molecule has 0 aliphatic carbocycles. The van der Waals surface area contributed by atoms with Crippen molar-refractivity contribution in [2.75, 3.05) is 18.5 Å². The lowest BCUT2D eigenvalue weighted by Gasteiger charge is -2.19. The molecule has 124 valence electrons. The number of ether oxygens (including phenoxy) is 3. The maximum absolute atomic E-state index is 11.8. The van der Waals surface area contributed by atoms with E-state index in [1.807, 2.05) is 0 Å². The summed E-state index contributed by atoms with van der Waals surface area (Å²) in [4.78, 5) is 34.5. The van der Waals surface area contributed by atoms with Crippen molar-refractivity contribution in [2.45, 2.75) is 26.9 Å². The molecule has 22 heavy (non-hydrogen) atoms. The van der Waals surface area contributed by atoms with E-state index in [-0.39, 0.29) is 30.3 Å². The van der Waals surface area contributed by atoms with Gasteiger partial charge in [-0.05, 0) is 13.8 Å². The summed E-state index contributed by atoms with van der Waals surface area (Å²) in [5.74, 6) is -2.09. The smallest absolute Gasteiger partial charge is 0.333 e. The molecule has 0 bridgehead atoms. The second kappa shape index (κ2) is 10.2. The molecule has 6 nitrogen and oxygen atoms in total. The van der Waals surface area contributed by atoms with E-state index in [0.717, 1.165) is 0 Å². The van der Waals surface area contributed by atoms with Crippen molar-refractivity contribution < 1.29 is 28.6 Å². The van der Waals surface area contributed by atoms with Crippen molar-refractivity contribution in [3.63, 3.8) is 0 Å². The Labute approximate surface area is 138 Å². The van der Waals surface area contributed by atoms with Gasteiger partial charge in [-0.25, -0.2) is 9.59 Å². The lowest BCUT2D eigenvalue weighted by atomic mass is 10.2. The van der Waals surface area contributed by atoms with Crippen LogP contribution in [0.15, 0.2) is 24.3 Å². The lowest BCUT2D eigenvalue weighted by Crippen LogP contribution is -2.33. The van der Waals surface area contributed by atoms with Gasteiger partial charge < -0.3 is 14.2 Å². The third kappa shape index (κ3) is 7.97. The summed E-state index contributed by atoms with van der Waals surface area (Å²) in [6.07, 6.45) is -0.888. The maximum Gasteiger partial charge on any atom is 0.333 e. The van der Waals surface area contributed by atoms with Crippen molar-refractivity contribution in [3.8, 4) is 0 Å². The third-order valence-electron chi connectivity index (χ3n) is 2.41. The molecule has 0 saturated carbocycles. The Morgan fingerprint density at radius 3 is 1.73 bits per heavy atom. The summed E-state index contributed by atoms with van der Waals surface area (Å²) in [7, 11) is 0. The molecule has 1 atom stereocenters. The second-order valence-electron chi connectivity index (χ2n) is 4.87. The fraction of sp³-hybridized carbons (Fsp3) is 0.533. The van der Waals surface area contributed by atoms with Crippen LogP contribution in [-0.2, 0) is 28.6 Å². The molecule has 0 aromatic carbocycles. The van der Waals surface area contributed by atoms with Gasteiger partial charge in [0.1, 0.15) is 13.2 Å². The standard InChI is InChI=1S/C15H21BrO6/c1-9(2)13(17)20-7-12(8-21-14(18)10(3)4)22-15(19)11(5)6-16/h11-12H,1,3,6-8H2,2,4-5H3. The molecule has 0 amide bonds. The van der Waals surface area contributed by atoms with Gasteiger partial charge in [-0.1, -0.05) is 36.0 Å². The van der Waals surface area contributed by atoms with Crippen molar-refractivity contribution in [3.05, 3.63) is 24.3 Å². The van der Waals surface area contributed by atoms with Gasteiger partial charge in [0.15, 0.2) is 6.10 Å². The molecule has 0 rings (SSSR count). The van der Waals surface area contributed by atoms with Gasteiger partial charge in [0.05, 0.1) is 5.92 Å². The number of carbonyl (C=O) groups excluding carboxylic acids is 3. The van der Waals surface area contributed by atoms with Gasteiger partial charge in [-0.15, -0.1) is 0 Å². The molecular weight excluding hydrogens is 356 g/mol. The lowest BCUT2D eigenvalue weighted by molar-refractivity contribution is -0.166. The van der Waals surface area contributed by atoms with E-state index in [0.29, 0.717) is 5.33 Å². The van der Waals surface area contributed by atoms with Crippen LogP contribution in [-0.4, -0.2) is 42.6 Å². The highest BCUT2D eigenvalue weighted by atomic mass is 79.9. The Bertz CT molecular complexity index is 427. The first-order chi connectivity index (χ1) is 10.2. The molecular formula is C15H21BrO6. The topological polar surface area (TPSA) is 78.9 Å². The molecule has 0 aliphatic heterocycles. The van der Waals surface area contributed by atoms with E-state index in [4.69, 9.17) is 14.2 Å². The van der Waals surface area contributed by atoms with Crippen molar-refractivity contribution in [1.29, 1.82) is 0 Å². The van der Waals surface area contributed by atoms with Crippen molar-refractivity contribution >= 4 is 33.8 Å². The minimum Gasteiger partial charge on any atom is -0.458 e. The molecule has 0 aromatic heterocycles. The zero-order chi connectivity index (χ0) is 17.3. The highest BCUT2D eigenvalue weighted by Crippen LogP contribution is 2.08. The molecule has 0 heterocycles. The van der Waals surface area contributed by atoms with Crippen LogP contribution in [0.1, 0.15) is 20.8 Å². The first-order valence-electron chi connectivity index (χ1n) is 6.60. The number of alkyl halides is 1. The number of carbonyl (C=O) groups is 3. The Hall–Kier alpha value is -1.63. The first-order valence-corrected chi connectivity index (χ1v) is 7.72. The Morgan fingerprint density at radius 1 is 1.00 bits per heavy atom. The Kier molecular flexibility index (Phi) is 9.40. The van der Waals surface area contributed by atoms with Gasteiger partial charge in [0, 0.05) is 16.5 Å². The van der Waals surface area contributed by atoms with E-state index in [9.17, 15) is 14.4 Å². The maximum atomic E-state index is 11.8. The van der Waals surface area contributed by atoms with E-state index < -0.39 is 24.0 Å². The summed E-state index contributed by atoms with van der Waals surface area (Å²) >= 11 is 3.17. The van der Waals surface area contributed by atoms with E-state index in [1.54, 1.807) is 6.92 Å². The van der Waals surface area contributed by atoms with Crippen LogP contribution < -0.4 is 0 Å². The number of halogens is 1. The van der Waals surface area contributed by atoms with E-state index in [1.165, 1.54) is 13.8 Å². The monoisotopic (exact) mass is 376 g/mol. The summed E-state index contributed by atoms with van der Waals surface area (Å²) < 4.78 is 15.0. The van der Waals surface area contributed by atoms with E-state index >= 15 is 0 Å². The van der Waals surface area contributed by atoms with Crippen LogP contribution in [0.3, 0.4) is 0 Å². The average molecular weight is 377 g/mol. The van der Waals surface area contributed by atoms with Gasteiger partial charge in [-0.2, -0.15) is 0 Å². The largest absolute Gasteiger partial charge is 0.458 e. The third-order valence-corrected chi connectivity index (χ3v) is 3.39. The zero-order valence-corrected chi connectivity index (χ0v) is 14.6. The van der Waals surface area contributed by atoms with Gasteiger partial charge >= 0.3 is 17.9 Å². The zero-order valence-electron chi connectivity index (χ0n) is 13.0. The minimum absolute atomic E-state index is 0.220. The molecule has 0 radical (unpaired) electrons. The summed E-state index contributed by atoms with van der Waals surface area (Å²) in [5, 5.41) is 0.426. The normalized spacial score (nSPS) is 11.5. The van der Waals surface area contributed by atoms with Gasteiger partial charge in [0.2, 0.25) is 0 Å². The number of esters is 3. The Balaban J connectivity index is 4.64. The quantitative estimate of drug-likeness (QED) is 0.265. The summed E-state index contributed by atoms with van der Waals surface area (Å²) in [5.41, 5.74) is 0.440. The summed E-state index contributed by atoms with van der Waals surface area (Å²) in [6, 6.07) is 0. The second-order valence-corrected chi connectivity index (χ2v) is 5.52. The number of hydrogen-bond donors (Lipinski definition) is 0. The van der Waals surface area contributed by atoms with Crippen LogP contribution in [0.25, 0.3) is 0 Å². The molecule has 1 unspecified atom stereocenters. The molecule has 0 spiro atoms. The van der Waals surface area contributed by atoms with Crippen LogP contribution in [0.2, 0.25) is 0 Å². The van der Waals surface area contributed by atoms with Crippen LogP contribution >= 0.6 is 15.9 Å². The predicted molar refractivity (Wildman–Crippen MR) is 84.4 cm³/mol. The van der Waals surface area contributed by atoms with Gasteiger partial charge in [0.25, 0.3) is 0 Å². The van der Waals surface area contributed by atoms with Crippen LogP contribution in [0.5, 0.6) is 0 Å². The molecule has 7 heteroatoms. The minimum atomic E-state index is -0.888. The molecule has 0 aromatic rings. The fourth-order valence-electron chi connectivity index (χ4n) is 1.04. The molecule has 0 N–H and O–H groups in total. The van der Waals surface area contributed by atoms with Crippen LogP contribution in [0.4, 0.5) is 0 Å². The summed E-state index contributed by atoms with van der Waals surface area (Å²) in [6.45, 7) is 11.1. The number of hydrogen-bond acceptors (Lipinski definition) is 6. The van der Waals surface area contributed by atoms with Crippen LogP contribution in [0, 0.1) is 5.92 Å². The molecule has 0 fully saturated rings. The number of rotatable bonds is 9. The first kappa shape index (κ1) is 20.4. The van der Waals surface area contributed by atoms with E-state index in [2.05, 4.69) is 29.1 Å². The van der Waals surface area contributed by atoms with Crippen molar-refractivity contribution in [2.24, 2.45) is 5.92 Å². The van der Waals surface area contributed by atoms with Gasteiger partial charge in [-0.3, -0.25) is 4.79 Å². The average Bonchev–Trinajstić information content (AvgIpc) is 2.47. The SMILES string of the molecule is C=C(C)C(=O)OCC(COC(=O)C(=C)C)OC(=O)C(C)CBr. The predicted octanol–water partition coefficient (Wildman–Crippen LogP) is 2.17. The Morgan fingerprint density at radius 2 is 1.41 bits per heavy atom.